The second-order valence-corrected chi connectivity index (χ2v) is 6.83. The van der Waals surface area contributed by atoms with E-state index < -0.39 is 17.7 Å². The van der Waals surface area contributed by atoms with Gasteiger partial charge in [-0.1, -0.05) is 6.07 Å². The first kappa shape index (κ1) is 20.8. The zero-order chi connectivity index (χ0) is 21.0. The quantitative estimate of drug-likeness (QED) is 0.461. The molecule has 0 spiro atoms. The molecule has 2 aromatic rings. The van der Waals surface area contributed by atoms with Crippen LogP contribution in [0.2, 0.25) is 5.28 Å². The topological polar surface area (TPSA) is 105 Å². The summed E-state index contributed by atoms with van der Waals surface area (Å²) in [5.74, 6) is -0.506. The molecule has 0 saturated heterocycles. The molecule has 0 saturated carbocycles. The number of halogens is 3. The molecule has 156 valence electrons. The van der Waals surface area contributed by atoms with Gasteiger partial charge in [-0.15, -0.1) is 0 Å². The van der Waals surface area contributed by atoms with Crippen LogP contribution in [-0.4, -0.2) is 35.4 Å². The molecule has 0 bridgehead atoms. The van der Waals surface area contributed by atoms with E-state index in [-0.39, 0.29) is 30.2 Å². The standard InChI is InChI=1S/C18H21ClF2N6O2/c1-10-24-14-15(22)25-17(19)26-16(14)27(10)7-2-3-8-29-18(28)23-9-11-12(20)5-4-6-13(11)21/h4-6,10,24H,2-3,7-9H2,1H3,(H,23,28)(H2,22,25,26). The van der Waals surface area contributed by atoms with Crippen LogP contribution >= 0.6 is 11.6 Å². The van der Waals surface area contributed by atoms with Gasteiger partial charge in [0.1, 0.15) is 17.3 Å². The average Bonchev–Trinajstić information content (AvgIpc) is 2.97. The lowest BCUT2D eigenvalue weighted by Crippen LogP contribution is -2.34. The lowest BCUT2D eigenvalue weighted by molar-refractivity contribution is 0.143. The number of ether oxygens (including phenoxy) is 1. The number of nitrogens with one attached hydrogen (secondary N) is 2. The molecule has 3 rings (SSSR count). The molecule has 0 aliphatic carbocycles. The highest BCUT2D eigenvalue weighted by atomic mass is 35.5. The van der Waals surface area contributed by atoms with Gasteiger partial charge in [0.25, 0.3) is 0 Å². The summed E-state index contributed by atoms with van der Waals surface area (Å²) < 4.78 is 32.1. The molecule has 0 fully saturated rings. The van der Waals surface area contributed by atoms with Gasteiger partial charge in [-0.3, -0.25) is 0 Å². The summed E-state index contributed by atoms with van der Waals surface area (Å²) in [6, 6.07) is 3.52. The second-order valence-electron chi connectivity index (χ2n) is 6.49. The molecule has 29 heavy (non-hydrogen) atoms. The third-order valence-corrected chi connectivity index (χ3v) is 4.65. The Hall–Kier alpha value is -2.88. The number of benzene rings is 1. The van der Waals surface area contributed by atoms with Crippen molar-refractivity contribution in [3.8, 4) is 0 Å². The first-order valence-corrected chi connectivity index (χ1v) is 9.44. The number of fused-ring (bicyclic) bond motifs is 1. The van der Waals surface area contributed by atoms with Crippen LogP contribution in [0, 0.1) is 11.6 Å². The van der Waals surface area contributed by atoms with Crippen LogP contribution in [0.15, 0.2) is 18.2 Å². The average molecular weight is 427 g/mol. The van der Waals surface area contributed by atoms with E-state index >= 15 is 0 Å². The van der Waals surface area contributed by atoms with Gasteiger partial charge in [0, 0.05) is 12.1 Å². The van der Waals surface area contributed by atoms with Crippen LogP contribution < -0.4 is 21.3 Å². The number of aromatic nitrogens is 2. The molecule has 4 N–H and O–H groups in total. The van der Waals surface area contributed by atoms with E-state index in [1.54, 1.807) is 0 Å². The van der Waals surface area contributed by atoms with Gasteiger partial charge in [0.15, 0.2) is 11.6 Å². The van der Waals surface area contributed by atoms with Crippen LogP contribution in [0.1, 0.15) is 25.3 Å². The van der Waals surface area contributed by atoms with Gasteiger partial charge in [0.05, 0.1) is 19.3 Å². The Morgan fingerprint density at radius 3 is 2.79 bits per heavy atom. The normalized spacial score (nSPS) is 15.0. The fraction of sp³-hybridized carbons (Fsp3) is 0.389. The summed E-state index contributed by atoms with van der Waals surface area (Å²) in [5, 5.41) is 5.62. The van der Waals surface area contributed by atoms with E-state index in [1.165, 1.54) is 6.07 Å². The van der Waals surface area contributed by atoms with Crippen LogP contribution in [-0.2, 0) is 11.3 Å². The summed E-state index contributed by atoms with van der Waals surface area (Å²) in [6.07, 6.45) is 0.540. The number of carbonyl (C=O) groups is 1. The maximum absolute atomic E-state index is 13.5. The number of unbranched alkanes of at least 4 members (excludes halogenated alkanes) is 1. The Morgan fingerprint density at radius 1 is 1.34 bits per heavy atom. The van der Waals surface area contributed by atoms with Crippen molar-refractivity contribution in [1.82, 2.24) is 15.3 Å². The largest absolute Gasteiger partial charge is 0.450 e. The van der Waals surface area contributed by atoms with Crippen molar-refractivity contribution >= 4 is 35.0 Å². The second kappa shape index (κ2) is 9.08. The molecule has 1 aliphatic rings. The maximum atomic E-state index is 13.5. The van der Waals surface area contributed by atoms with E-state index in [9.17, 15) is 13.6 Å². The van der Waals surface area contributed by atoms with E-state index in [2.05, 4.69) is 20.6 Å². The molecule has 11 heteroatoms. The molecule has 1 aromatic heterocycles. The smallest absolute Gasteiger partial charge is 0.407 e. The minimum atomic E-state index is -0.735. The summed E-state index contributed by atoms with van der Waals surface area (Å²) in [4.78, 5) is 21.9. The summed E-state index contributed by atoms with van der Waals surface area (Å²) >= 11 is 5.89. The number of nitrogen functional groups attached to an aromatic ring is 1. The number of rotatable bonds is 7. The number of anilines is 3. The maximum Gasteiger partial charge on any atom is 0.407 e. The minimum absolute atomic E-state index is 0.0278. The number of carbonyl (C=O) groups excluding carboxylic acids is 1. The van der Waals surface area contributed by atoms with Crippen molar-refractivity contribution in [2.75, 3.05) is 29.1 Å². The molecule has 2 heterocycles. The molecule has 8 nitrogen and oxygen atoms in total. The van der Waals surface area contributed by atoms with Crippen molar-refractivity contribution in [3.05, 3.63) is 40.7 Å². The molecule has 1 aromatic carbocycles. The lowest BCUT2D eigenvalue weighted by atomic mass is 10.2. The summed E-state index contributed by atoms with van der Waals surface area (Å²) in [6.45, 7) is 2.48. The number of nitrogens with zero attached hydrogens (tertiary/aromatic N) is 3. The number of alkyl carbamates (subject to hydrolysis) is 1. The van der Waals surface area contributed by atoms with Crippen molar-refractivity contribution in [2.24, 2.45) is 0 Å². The Morgan fingerprint density at radius 2 is 2.07 bits per heavy atom. The van der Waals surface area contributed by atoms with E-state index in [4.69, 9.17) is 22.1 Å². The van der Waals surface area contributed by atoms with Gasteiger partial charge in [0.2, 0.25) is 5.28 Å². The minimum Gasteiger partial charge on any atom is -0.450 e. The van der Waals surface area contributed by atoms with Crippen molar-refractivity contribution < 1.29 is 18.3 Å². The fourth-order valence-corrected chi connectivity index (χ4v) is 3.19. The highest BCUT2D eigenvalue weighted by Crippen LogP contribution is 2.37. The highest BCUT2D eigenvalue weighted by Gasteiger charge is 2.29. The predicted octanol–water partition coefficient (Wildman–Crippen LogP) is 3.27. The van der Waals surface area contributed by atoms with E-state index in [1.807, 2.05) is 11.8 Å². The van der Waals surface area contributed by atoms with Crippen LogP contribution in [0.3, 0.4) is 0 Å². The first-order valence-electron chi connectivity index (χ1n) is 9.06. The van der Waals surface area contributed by atoms with E-state index in [0.29, 0.717) is 36.7 Å². The summed E-state index contributed by atoms with van der Waals surface area (Å²) in [5.41, 5.74) is 6.30. The van der Waals surface area contributed by atoms with Gasteiger partial charge in [-0.25, -0.2) is 13.6 Å². The van der Waals surface area contributed by atoms with Crippen LogP contribution in [0.25, 0.3) is 0 Å². The Kier molecular flexibility index (Phi) is 6.53. The molecule has 1 atom stereocenters. The van der Waals surface area contributed by atoms with Gasteiger partial charge in [-0.05, 0) is 43.5 Å². The molecule has 0 radical (unpaired) electrons. The van der Waals surface area contributed by atoms with Gasteiger partial charge < -0.3 is 26.0 Å². The van der Waals surface area contributed by atoms with Crippen molar-refractivity contribution in [3.63, 3.8) is 0 Å². The Balaban J connectivity index is 1.40. The monoisotopic (exact) mass is 426 g/mol. The van der Waals surface area contributed by atoms with Crippen molar-refractivity contribution in [1.29, 1.82) is 0 Å². The number of amides is 1. The highest BCUT2D eigenvalue weighted by molar-refractivity contribution is 6.28. The first-order chi connectivity index (χ1) is 13.9. The molecule has 1 amide bonds. The Labute approximate surface area is 171 Å². The SMILES string of the molecule is CC1Nc2c(N)nc(Cl)nc2N1CCCCOC(=O)NCc1c(F)cccc1F. The zero-order valence-electron chi connectivity index (χ0n) is 15.7. The van der Waals surface area contributed by atoms with Gasteiger partial charge in [-0.2, -0.15) is 9.97 Å². The number of nitrogens with two attached hydrogens (primary N) is 1. The fourth-order valence-electron chi connectivity index (χ4n) is 3.02. The molecular formula is C18H21ClF2N6O2. The van der Waals surface area contributed by atoms with Crippen LogP contribution in [0.4, 0.5) is 30.9 Å². The number of hydrogen-bond donors (Lipinski definition) is 3. The molecular weight excluding hydrogens is 406 g/mol. The van der Waals surface area contributed by atoms with E-state index in [0.717, 1.165) is 12.1 Å². The van der Waals surface area contributed by atoms with Crippen molar-refractivity contribution in [2.45, 2.75) is 32.5 Å². The van der Waals surface area contributed by atoms with Crippen LogP contribution in [0.5, 0.6) is 0 Å². The lowest BCUT2D eigenvalue weighted by Gasteiger charge is -2.22. The summed E-state index contributed by atoms with van der Waals surface area (Å²) in [7, 11) is 0. The zero-order valence-corrected chi connectivity index (χ0v) is 16.5. The molecule has 1 aliphatic heterocycles. The Bertz CT molecular complexity index is 881. The molecule has 1 unspecified atom stereocenters. The third-order valence-electron chi connectivity index (χ3n) is 4.48. The predicted molar refractivity (Wildman–Crippen MR) is 106 cm³/mol. The third kappa shape index (κ3) is 4.94. The van der Waals surface area contributed by atoms with Gasteiger partial charge >= 0.3 is 6.09 Å². The number of hydrogen-bond acceptors (Lipinski definition) is 7.